The van der Waals surface area contributed by atoms with Crippen LogP contribution in [0.5, 0.6) is 0 Å². The zero-order valence-electron chi connectivity index (χ0n) is 14.8. The SMILES string of the molecule is CCc1ccc(-c2cc(C(F)(F)F)c3cnn(-c4ccccc4F)c3n2)cc1. The van der Waals surface area contributed by atoms with Gasteiger partial charge < -0.3 is 0 Å². The third kappa shape index (κ3) is 3.13. The number of halogens is 4. The van der Waals surface area contributed by atoms with E-state index in [0.29, 0.717) is 5.56 Å². The molecule has 0 N–H and O–H groups in total. The molecule has 0 spiro atoms. The summed E-state index contributed by atoms with van der Waals surface area (Å²) in [5.74, 6) is -0.597. The molecule has 7 heteroatoms. The number of nitrogens with zero attached hydrogens (tertiary/aromatic N) is 3. The van der Waals surface area contributed by atoms with E-state index in [1.54, 1.807) is 18.2 Å². The Labute approximate surface area is 158 Å². The van der Waals surface area contributed by atoms with Crippen LogP contribution in [-0.4, -0.2) is 14.8 Å². The van der Waals surface area contributed by atoms with Crippen LogP contribution >= 0.6 is 0 Å². The third-order valence-corrected chi connectivity index (χ3v) is 4.59. The molecule has 0 bridgehead atoms. The smallest absolute Gasteiger partial charge is 0.228 e. The summed E-state index contributed by atoms with van der Waals surface area (Å²) in [6.45, 7) is 1.99. The fourth-order valence-corrected chi connectivity index (χ4v) is 3.09. The number of hydrogen-bond acceptors (Lipinski definition) is 2. The summed E-state index contributed by atoms with van der Waals surface area (Å²) < 4.78 is 56.4. The molecule has 0 aliphatic carbocycles. The van der Waals surface area contributed by atoms with Crippen LogP contribution in [-0.2, 0) is 12.6 Å². The molecule has 2 heterocycles. The lowest BCUT2D eigenvalue weighted by Crippen LogP contribution is -2.08. The predicted molar refractivity (Wildman–Crippen MR) is 98.6 cm³/mol. The summed E-state index contributed by atoms with van der Waals surface area (Å²) in [6.07, 6.45) is -2.70. The number of benzene rings is 2. The Morgan fingerprint density at radius 1 is 1.00 bits per heavy atom. The molecule has 0 aliphatic heterocycles. The summed E-state index contributed by atoms with van der Waals surface area (Å²) in [5.41, 5.74) is 0.907. The molecular formula is C21H15F4N3. The topological polar surface area (TPSA) is 30.7 Å². The van der Waals surface area contributed by atoms with E-state index >= 15 is 0 Å². The standard InChI is InChI=1S/C21H15F4N3/c1-2-13-7-9-14(10-8-13)18-11-16(21(23,24)25)15-12-26-28(20(15)27-18)19-6-4-3-5-17(19)22/h3-12H,2H2,1H3. The zero-order chi connectivity index (χ0) is 19.9. The Morgan fingerprint density at radius 2 is 1.71 bits per heavy atom. The van der Waals surface area contributed by atoms with Crippen molar-refractivity contribution in [3.8, 4) is 16.9 Å². The number of rotatable bonds is 3. The van der Waals surface area contributed by atoms with Gasteiger partial charge in [0.2, 0.25) is 0 Å². The monoisotopic (exact) mass is 385 g/mol. The molecule has 2 aromatic heterocycles. The normalized spacial score (nSPS) is 11.9. The van der Waals surface area contributed by atoms with Crippen molar-refractivity contribution in [1.29, 1.82) is 0 Å². The minimum absolute atomic E-state index is 0.0385. The van der Waals surface area contributed by atoms with Gasteiger partial charge in [0.15, 0.2) is 5.65 Å². The maximum Gasteiger partial charge on any atom is 0.417 e. The molecular weight excluding hydrogens is 370 g/mol. The molecule has 4 rings (SSSR count). The van der Waals surface area contributed by atoms with Crippen LogP contribution in [0.25, 0.3) is 28.0 Å². The summed E-state index contributed by atoms with van der Waals surface area (Å²) >= 11 is 0. The molecule has 0 atom stereocenters. The lowest BCUT2D eigenvalue weighted by Gasteiger charge is -2.12. The molecule has 2 aromatic carbocycles. The van der Waals surface area contributed by atoms with Gasteiger partial charge in [-0.3, -0.25) is 0 Å². The summed E-state index contributed by atoms with van der Waals surface area (Å²) in [7, 11) is 0. The molecule has 142 valence electrons. The van der Waals surface area contributed by atoms with Crippen molar-refractivity contribution in [3.63, 3.8) is 0 Å². The number of alkyl halides is 3. The average Bonchev–Trinajstić information content (AvgIpc) is 3.10. The van der Waals surface area contributed by atoms with Crippen molar-refractivity contribution in [2.24, 2.45) is 0 Å². The van der Waals surface area contributed by atoms with Gasteiger partial charge in [0, 0.05) is 5.56 Å². The maximum atomic E-state index is 14.2. The molecule has 0 saturated heterocycles. The number of para-hydroxylation sites is 1. The highest BCUT2D eigenvalue weighted by molar-refractivity contribution is 5.84. The van der Waals surface area contributed by atoms with Gasteiger partial charge in [-0.1, -0.05) is 43.3 Å². The number of fused-ring (bicyclic) bond motifs is 1. The number of pyridine rings is 1. The van der Waals surface area contributed by atoms with E-state index in [4.69, 9.17) is 0 Å². The zero-order valence-corrected chi connectivity index (χ0v) is 14.8. The van der Waals surface area contributed by atoms with Crippen LogP contribution < -0.4 is 0 Å². The van der Waals surface area contributed by atoms with Crippen molar-refractivity contribution in [2.45, 2.75) is 19.5 Å². The Morgan fingerprint density at radius 3 is 2.36 bits per heavy atom. The second kappa shape index (κ2) is 6.74. The highest BCUT2D eigenvalue weighted by Gasteiger charge is 2.35. The van der Waals surface area contributed by atoms with E-state index in [9.17, 15) is 17.6 Å². The molecule has 0 aliphatic rings. The molecule has 0 amide bonds. The van der Waals surface area contributed by atoms with Crippen LogP contribution in [0.15, 0.2) is 60.8 Å². The van der Waals surface area contributed by atoms with E-state index in [2.05, 4.69) is 10.1 Å². The van der Waals surface area contributed by atoms with Gasteiger partial charge in [0.05, 0.1) is 22.8 Å². The van der Waals surface area contributed by atoms with Gasteiger partial charge in [-0.05, 0) is 30.2 Å². The lowest BCUT2D eigenvalue weighted by atomic mass is 10.0. The quantitative estimate of drug-likeness (QED) is 0.417. The van der Waals surface area contributed by atoms with Crippen molar-refractivity contribution < 1.29 is 17.6 Å². The van der Waals surface area contributed by atoms with Crippen molar-refractivity contribution in [2.75, 3.05) is 0 Å². The third-order valence-electron chi connectivity index (χ3n) is 4.59. The van der Waals surface area contributed by atoms with Gasteiger partial charge in [-0.15, -0.1) is 0 Å². The number of hydrogen-bond donors (Lipinski definition) is 0. The van der Waals surface area contributed by atoms with Gasteiger partial charge in [-0.25, -0.2) is 14.1 Å². The summed E-state index contributed by atoms with van der Waals surface area (Å²) in [4.78, 5) is 4.39. The van der Waals surface area contributed by atoms with Crippen molar-refractivity contribution in [3.05, 3.63) is 77.7 Å². The first-order valence-corrected chi connectivity index (χ1v) is 8.68. The fraction of sp³-hybridized carbons (Fsp3) is 0.143. The summed E-state index contributed by atoms with van der Waals surface area (Å²) in [6, 6.07) is 13.9. The van der Waals surface area contributed by atoms with E-state index in [1.807, 2.05) is 19.1 Å². The molecule has 4 aromatic rings. The largest absolute Gasteiger partial charge is 0.417 e. The number of aromatic nitrogens is 3. The molecule has 3 nitrogen and oxygen atoms in total. The number of aryl methyl sites for hydroxylation is 1. The molecule has 0 saturated carbocycles. The highest BCUT2D eigenvalue weighted by atomic mass is 19.4. The maximum absolute atomic E-state index is 14.2. The van der Waals surface area contributed by atoms with Gasteiger partial charge >= 0.3 is 6.18 Å². The Bertz CT molecular complexity index is 1140. The van der Waals surface area contributed by atoms with Gasteiger partial charge in [0.1, 0.15) is 11.5 Å². The lowest BCUT2D eigenvalue weighted by molar-refractivity contribution is -0.136. The second-order valence-electron chi connectivity index (χ2n) is 6.35. The minimum atomic E-state index is -4.59. The Kier molecular flexibility index (Phi) is 4.37. The molecule has 0 radical (unpaired) electrons. The molecule has 0 unspecified atom stereocenters. The fourth-order valence-electron chi connectivity index (χ4n) is 3.09. The van der Waals surface area contributed by atoms with E-state index < -0.39 is 17.6 Å². The first kappa shape index (κ1) is 18.2. The van der Waals surface area contributed by atoms with E-state index in [0.717, 1.165) is 28.9 Å². The first-order chi connectivity index (χ1) is 13.4. The van der Waals surface area contributed by atoms with E-state index in [-0.39, 0.29) is 22.4 Å². The van der Waals surface area contributed by atoms with Crippen molar-refractivity contribution >= 4 is 11.0 Å². The average molecular weight is 385 g/mol. The predicted octanol–water partition coefficient (Wildman–Crippen LogP) is 5.81. The minimum Gasteiger partial charge on any atom is -0.228 e. The Balaban J connectivity index is 1.99. The highest BCUT2D eigenvalue weighted by Crippen LogP contribution is 2.37. The van der Waals surface area contributed by atoms with Crippen LogP contribution in [0.2, 0.25) is 0 Å². The van der Waals surface area contributed by atoms with E-state index in [1.165, 1.54) is 18.2 Å². The van der Waals surface area contributed by atoms with Crippen LogP contribution in [0.1, 0.15) is 18.1 Å². The van der Waals surface area contributed by atoms with Gasteiger partial charge in [-0.2, -0.15) is 18.3 Å². The van der Waals surface area contributed by atoms with Crippen LogP contribution in [0.4, 0.5) is 17.6 Å². The van der Waals surface area contributed by atoms with Crippen molar-refractivity contribution in [1.82, 2.24) is 14.8 Å². The van der Waals surface area contributed by atoms with Crippen LogP contribution in [0, 0.1) is 5.82 Å². The second-order valence-corrected chi connectivity index (χ2v) is 6.35. The Hall–Kier alpha value is -3.22. The first-order valence-electron chi connectivity index (χ1n) is 8.68. The van der Waals surface area contributed by atoms with Crippen LogP contribution in [0.3, 0.4) is 0 Å². The molecule has 28 heavy (non-hydrogen) atoms. The van der Waals surface area contributed by atoms with Gasteiger partial charge in [0.25, 0.3) is 0 Å². The summed E-state index contributed by atoms with van der Waals surface area (Å²) in [5, 5.41) is 3.80. The molecule has 0 fully saturated rings.